The third-order valence-electron chi connectivity index (χ3n) is 6.25. The topological polar surface area (TPSA) is 151 Å². The first-order chi connectivity index (χ1) is 19.1. The van der Waals surface area contributed by atoms with E-state index in [0.29, 0.717) is 49.7 Å². The number of nitrogens with two attached hydrogens (primary N) is 1. The molecule has 1 saturated heterocycles. The molecule has 11 nitrogen and oxygen atoms in total. The number of carbonyl (C=O) groups is 1. The van der Waals surface area contributed by atoms with Gasteiger partial charge in [0.05, 0.1) is 22.7 Å². The lowest BCUT2D eigenvalue weighted by molar-refractivity contribution is -0.135. The van der Waals surface area contributed by atoms with Gasteiger partial charge in [-0.25, -0.2) is 27.2 Å². The van der Waals surface area contributed by atoms with Crippen molar-refractivity contribution in [1.29, 1.82) is 0 Å². The number of sulfonamides is 1. The number of hydrogen-bond acceptors (Lipinski definition) is 9. The fourth-order valence-corrected chi connectivity index (χ4v) is 5.28. The van der Waals surface area contributed by atoms with E-state index in [4.69, 9.17) is 27.2 Å². The Morgan fingerprint density at radius 3 is 2.45 bits per heavy atom. The number of anilines is 2. The van der Waals surface area contributed by atoms with Gasteiger partial charge in [-0.2, -0.15) is 0 Å². The fraction of sp³-hybridized carbons (Fsp3) is 0.320. The smallest absolute Gasteiger partial charge is 0.258 e. The number of carbonyl (C=O) groups excluding carboxylic acids is 1. The van der Waals surface area contributed by atoms with Gasteiger partial charge in [0, 0.05) is 49.5 Å². The monoisotopic (exact) mass is 596 g/mol. The largest absolute Gasteiger partial charge is 0.470 e. The summed E-state index contributed by atoms with van der Waals surface area (Å²) in [6.45, 7) is 1.24. The van der Waals surface area contributed by atoms with Gasteiger partial charge >= 0.3 is 0 Å². The lowest BCUT2D eigenvalue weighted by Gasteiger charge is -2.34. The first-order valence-electron chi connectivity index (χ1n) is 12.2. The van der Waals surface area contributed by atoms with Crippen molar-refractivity contribution in [1.82, 2.24) is 19.8 Å². The fourth-order valence-electron chi connectivity index (χ4n) is 3.98. The maximum Gasteiger partial charge on any atom is 0.258 e. The minimum Gasteiger partial charge on any atom is -0.470 e. The molecule has 0 atom stereocenters. The summed E-state index contributed by atoms with van der Waals surface area (Å²) in [5.41, 5.74) is 6.91. The second kappa shape index (κ2) is 12.7. The Morgan fingerprint density at radius 2 is 1.77 bits per heavy atom. The maximum atomic E-state index is 14.1. The highest BCUT2D eigenvalue weighted by molar-refractivity contribution is 7.92. The summed E-state index contributed by atoms with van der Waals surface area (Å²) in [7, 11) is -3.65. The van der Waals surface area contributed by atoms with Crippen molar-refractivity contribution in [2.45, 2.75) is 6.61 Å². The lowest BCUT2D eigenvalue weighted by Crippen LogP contribution is -2.50. The van der Waals surface area contributed by atoms with Gasteiger partial charge in [0.15, 0.2) is 5.82 Å². The van der Waals surface area contributed by atoms with Crippen LogP contribution in [0.1, 0.15) is 5.56 Å². The van der Waals surface area contributed by atoms with Gasteiger partial charge < -0.3 is 20.5 Å². The van der Waals surface area contributed by atoms with Crippen LogP contribution in [0.25, 0.3) is 11.3 Å². The summed E-state index contributed by atoms with van der Waals surface area (Å²) < 4.78 is 61.0. The van der Waals surface area contributed by atoms with Crippen molar-refractivity contribution in [3.63, 3.8) is 0 Å². The number of nitrogen functional groups attached to an aromatic ring is 1. The second-order valence-corrected chi connectivity index (χ2v) is 11.2. The van der Waals surface area contributed by atoms with Crippen LogP contribution in [0, 0.1) is 11.6 Å². The molecule has 0 bridgehead atoms. The Kier molecular flexibility index (Phi) is 9.35. The first kappa shape index (κ1) is 29.4. The Hall–Kier alpha value is -3.59. The van der Waals surface area contributed by atoms with Gasteiger partial charge in [-0.15, -0.1) is 0 Å². The summed E-state index contributed by atoms with van der Waals surface area (Å²) in [4.78, 5) is 23.4. The second-order valence-electron chi connectivity index (χ2n) is 8.93. The summed E-state index contributed by atoms with van der Waals surface area (Å²) in [6, 6.07) is 8.22. The van der Waals surface area contributed by atoms with Crippen LogP contribution in [0.15, 0.2) is 42.6 Å². The molecule has 2 aromatic carbocycles. The standard InChI is InChI=1S/C25H27ClF2N6O5S/c26-23-18(19(27)5-6-20(23)28)15-39-25-24(29)30-13-21(31-25)16-1-3-17(4-2-16)32-40(37,38)12-11-33-7-9-34(10-8-33)22(36)14-35/h1-6,13,32,35H,7-12,14-15H2,(H2,29,30). The highest BCUT2D eigenvalue weighted by Crippen LogP contribution is 2.27. The molecule has 1 fully saturated rings. The molecule has 1 aliphatic heterocycles. The van der Waals surface area contributed by atoms with E-state index in [1.807, 2.05) is 4.90 Å². The number of benzene rings is 2. The minimum atomic E-state index is -3.65. The van der Waals surface area contributed by atoms with E-state index in [2.05, 4.69) is 14.7 Å². The highest BCUT2D eigenvalue weighted by atomic mass is 35.5. The number of aliphatic hydroxyl groups is 1. The van der Waals surface area contributed by atoms with E-state index in [1.54, 1.807) is 29.2 Å². The zero-order chi connectivity index (χ0) is 28.9. The summed E-state index contributed by atoms with van der Waals surface area (Å²) in [5.74, 6) is -2.19. The molecule has 15 heteroatoms. The van der Waals surface area contributed by atoms with Crippen LogP contribution in [0.5, 0.6) is 5.88 Å². The molecule has 1 amide bonds. The number of nitrogens with one attached hydrogen (secondary N) is 1. The van der Waals surface area contributed by atoms with E-state index < -0.39 is 39.9 Å². The van der Waals surface area contributed by atoms with Crippen LogP contribution in [0.3, 0.4) is 0 Å². The van der Waals surface area contributed by atoms with Crippen LogP contribution >= 0.6 is 11.6 Å². The average molecular weight is 597 g/mol. The van der Waals surface area contributed by atoms with Crippen molar-refractivity contribution >= 4 is 39.0 Å². The van der Waals surface area contributed by atoms with E-state index in [0.717, 1.165) is 12.1 Å². The predicted molar refractivity (Wildman–Crippen MR) is 145 cm³/mol. The van der Waals surface area contributed by atoms with Gasteiger partial charge in [-0.1, -0.05) is 23.7 Å². The SMILES string of the molecule is Nc1ncc(-c2ccc(NS(=O)(=O)CCN3CCN(C(=O)CO)CC3)cc2)nc1OCc1c(F)ccc(F)c1Cl. The molecule has 0 unspecified atom stereocenters. The van der Waals surface area contributed by atoms with E-state index in [1.165, 1.54) is 6.20 Å². The van der Waals surface area contributed by atoms with Gasteiger partial charge in [-0.05, 0) is 24.3 Å². The van der Waals surface area contributed by atoms with Crippen LogP contribution in [0.4, 0.5) is 20.3 Å². The molecule has 0 saturated carbocycles. The summed E-state index contributed by atoms with van der Waals surface area (Å²) >= 11 is 5.84. The number of piperazine rings is 1. The Labute approximate surface area is 234 Å². The number of aromatic nitrogens is 2. The Bertz CT molecular complexity index is 1470. The van der Waals surface area contributed by atoms with Crippen LogP contribution in [0.2, 0.25) is 5.02 Å². The molecule has 0 aliphatic carbocycles. The van der Waals surface area contributed by atoms with Crippen molar-refractivity contribution in [2.75, 3.05) is 55.5 Å². The number of halogens is 3. The van der Waals surface area contributed by atoms with E-state index >= 15 is 0 Å². The van der Waals surface area contributed by atoms with Gasteiger partial charge in [0.1, 0.15) is 24.8 Å². The van der Waals surface area contributed by atoms with Gasteiger partial charge in [0.2, 0.25) is 15.9 Å². The zero-order valence-corrected chi connectivity index (χ0v) is 22.8. The number of amides is 1. The summed E-state index contributed by atoms with van der Waals surface area (Å²) in [5, 5.41) is 8.55. The molecule has 0 spiro atoms. The van der Waals surface area contributed by atoms with Crippen molar-refractivity contribution in [3.05, 3.63) is 64.8 Å². The normalized spacial score (nSPS) is 14.2. The number of aliphatic hydroxyl groups excluding tert-OH is 1. The molecule has 40 heavy (non-hydrogen) atoms. The molecule has 4 N–H and O–H groups in total. The lowest BCUT2D eigenvalue weighted by atomic mass is 10.1. The van der Waals surface area contributed by atoms with E-state index in [9.17, 15) is 22.0 Å². The molecule has 4 rings (SSSR count). The average Bonchev–Trinajstić information content (AvgIpc) is 2.95. The summed E-state index contributed by atoms with van der Waals surface area (Å²) in [6.07, 6.45) is 1.39. The highest BCUT2D eigenvalue weighted by Gasteiger charge is 2.22. The molecular formula is C25H27ClF2N6O5S. The van der Waals surface area contributed by atoms with Gasteiger partial charge in [0.25, 0.3) is 5.88 Å². The minimum absolute atomic E-state index is 0.0672. The van der Waals surface area contributed by atoms with E-state index in [-0.39, 0.29) is 28.9 Å². The number of ether oxygens (including phenoxy) is 1. The van der Waals surface area contributed by atoms with Crippen molar-refractivity contribution in [3.8, 4) is 17.1 Å². The van der Waals surface area contributed by atoms with Crippen LogP contribution in [-0.4, -0.2) is 84.3 Å². The Morgan fingerprint density at radius 1 is 1.10 bits per heavy atom. The number of hydrogen-bond donors (Lipinski definition) is 3. The van der Waals surface area contributed by atoms with Crippen LogP contribution < -0.4 is 15.2 Å². The molecule has 214 valence electrons. The number of nitrogens with zero attached hydrogens (tertiary/aromatic N) is 4. The zero-order valence-electron chi connectivity index (χ0n) is 21.2. The molecule has 1 aliphatic rings. The molecule has 3 aromatic rings. The maximum absolute atomic E-state index is 14.1. The van der Waals surface area contributed by atoms with Crippen LogP contribution in [-0.2, 0) is 21.4 Å². The Balaban J connectivity index is 1.35. The molecule has 2 heterocycles. The first-order valence-corrected chi connectivity index (χ1v) is 14.2. The molecule has 0 radical (unpaired) electrons. The van der Waals surface area contributed by atoms with Crippen molar-refractivity contribution in [2.24, 2.45) is 0 Å². The predicted octanol–water partition coefficient (Wildman–Crippen LogP) is 2.11. The quantitative estimate of drug-likeness (QED) is 0.299. The molecule has 1 aromatic heterocycles. The third-order valence-corrected chi connectivity index (χ3v) is 7.93. The number of rotatable bonds is 10. The van der Waals surface area contributed by atoms with Gasteiger partial charge in [-0.3, -0.25) is 14.4 Å². The third kappa shape index (κ3) is 7.33. The molecular weight excluding hydrogens is 570 g/mol. The van der Waals surface area contributed by atoms with Crippen molar-refractivity contribution < 1.29 is 31.8 Å².